The van der Waals surface area contributed by atoms with Gasteiger partial charge in [-0.3, -0.25) is 4.79 Å². The first-order chi connectivity index (χ1) is 13.0. The predicted molar refractivity (Wildman–Crippen MR) is 105 cm³/mol. The number of aryl methyl sites for hydroxylation is 1. The third-order valence-corrected chi connectivity index (χ3v) is 5.89. The number of hydrogen-bond donors (Lipinski definition) is 3. The molecule has 0 bridgehead atoms. The molecule has 7 heteroatoms. The van der Waals surface area contributed by atoms with E-state index >= 15 is 0 Å². The molecule has 1 aromatic heterocycles. The number of amides is 1. The minimum atomic E-state index is -0.402. The van der Waals surface area contributed by atoms with Gasteiger partial charge >= 0.3 is 5.97 Å². The van der Waals surface area contributed by atoms with Crippen LogP contribution < -0.4 is 15.1 Å². The summed E-state index contributed by atoms with van der Waals surface area (Å²) in [6, 6.07) is 9.49. The number of thiophene rings is 1. The smallest absolute Gasteiger partial charge is 0.337 e. The summed E-state index contributed by atoms with van der Waals surface area (Å²) in [6.45, 7) is 7.60. The number of ether oxygens (including phenoxy) is 1. The Bertz CT molecular complexity index is 784. The third-order valence-electron chi connectivity index (χ3n) is 5.01. The number of quaternary nitrogens is 2. The average molecular weight is 390 g/mol. The molecule has 0 aliphatic carbocycles. The number of rotatable bonds is 6. The molecule has 144 valence electrons. The quantitative estimate of drug-likeness (QED) is 0.598. The van der Waals surface area contributed by atoms with Crippen LogP contribution in [-0.2, 0) is 16.1 Å². The summed E-state index contributed by atoms with van der Waals surface area (Å²) < 4.78 is 4.75. The van der Waals surface area contributed by atoms with E-state index in [-0.39, 0.29) is 5.91 Å². The molecule has 0 radical (unpaired) electrons. The van der Waals surface area contributed by atoms with Crippen LogP contribution in [0.1, 0.15) is 20.8 Å². The van der Waals surface area contributed by atoms with Crippen LogP contribution in [0.3, 0.4) is 0 Å². The van der Waals surface area contributed by atoms with Gasteiger partial charge in [-0.25, -0.2) is 4.79 Å². The molecule has 0 atom stereocenters. The number of anilines is 1. The SMILES string of the molecule is COC(=O)c1ccc(C)c(NC(=O)C[NH+]2CC[NH+](Cc3cccs3)CC2)c1. The predicted octanol–water partition coefficient (Wildman–Crippen LogP) is -0.235. The van der Waals surface area contributed by atoms with Crippen LogP contribution in [0, 0.1) is 6.92 Å². The molecule has 3 rings (SSSR count). The van der Waals surface area contributed by atoms with Gasteiger partial charge < -0.3 is 19.9 Å². The van der Waals surface area contributed by atoms with Crippen LogP contribution >= 0.6 is 11.3 Å². The van der Waals surface area contributed by atoms with Gasteiger partial charge in [0.25, 0.3) is 5.91 Å². The van der Waals surface area contributed by atoms with Gasteiger partial charge in [0.15, 0.2) is 6.54 Å². The van der Waals surface area contributed by atoms with Crippen LogP contribution in [0.25, 0.3) is 0 Å². The first kappa shape index (κ1) is 19.5. The van der Waals surface area contributed by atoms with E-state index in [1.807, 2.05) is 24.3 Å². The summed E-state index contributed by atoms with van der Waals surface area (Å²) in [7, 11) is 1.35. The minimum absolute atomic E-state index is 0.0168. The fourth-order valence-electron chi connectivity index (χ4n) is 3.39. The van der Waals surface area contributed by atoms with Crippen molar-refractivity contribution in [3.63, 3.8) is 0 Å². The molecule has 1 saturated heterocycles. The van der Waals surface area contributed by atoms with Crippen molar-refractivity contribution in [2.75, 3.05) is 45.2 Å². The van der Waals surface area contributed by atoms with E-state index < -0.39 is 5.97 Å². The van der Waals surface area contributed by atoms with Crippen molar-refractivity contribution in [3.05, 3.63) is 51.7 Å². The highest BCUT2D eigenvalue weighted by atomic mass is 32.1. The molecule has 6 nitrogen and oxygen atoms in total. The summed E-state index contributed by atoms with van der Waals surface area (Å²) in [6.07, 6.45) is 0. The number of methoxy groups -OCH3 is 1. The lowest BCUT2D eigenvalue weighted by molar-refractivity contribution is -1.01. The van der Waals surface area contributed by atoms with Crippen molar-refractivity contribution in [2.45, 2.75) is 13.5 Å². The monoisotopic (exact) mass is 389 g/mol. The maximum Gasteiger partial charge on any atom is 0.337 e. The van der Waals surface area contributed by atoms with Gasteiger partial charge in [0.05, 0.1) is 17.6 Å². The number of benzene rings is 1. The number of esters is 1. The average Bonchev–Trinajstić information content (AvgIpc) is 3.17. The van der Waals surface area contributed by atoms with Gasteiger partial charge in [-0.15, -0.1) is 11.3 Å². The molecular weight excluding hydrogens is 362 g/mol. The zero-order valence-corrected chi connectivity index (χ0v) is 16.7. The molecule has 0 unspecified atom stereocenters. The van der Waals surface area contributed by atoms with Gasteiger partial charge in [-0.05, 0) is 36.1 Å². The van der Waals surface area contributed by atoms with Gasteiger partial charge in [-0.1, -0.05) is 12.1 Å². The number of carbonyl (C=O) groups is 2. The lowest BCUT2D eigenvalue weighted by Gasteiger charge is -2.29. The van der Waals surface area contributed by atoms with Crippen molar-refractivity contribution >= 4 is 28.9 Å². The second kappa shape index (κ2) is 9.12. The zero-order chi connectivity index (χ0) is 19.2. The maximum atomic E-state index is 12.5. The van der Waals surface area contributed by atoms with Crippen molar-refractivity contribution in [2.24, 2.45) is 0 Å². The molecule has 1 amide bonds. The Morgan fingerprint density at radius 3 is 2.56 bits per heavy atom. The molecule has 1 aromatic carbocycles. The van der Waals surface area contributed by atoms with Gasteiger partial charge in [0.2, 0.25) is 0 Å². The van der Waals surface area contributed by atoms with Crippen LogP contribution in [0.15, 0.2) is 35.7 Å². The number of carbonyl (C=O) groups excluding carboxylic acids is 2. The van der Waals surface area contributed by atoms with Crippen LogP contribution in [0.4, 0.5) is 5.69 Å². The summed E-state index contributed by atoms with van der Waals surface area (Å²) in [5, 5.41) is 5.07. The topological polar surface area (TPSA) is 64.3 Å². The summed E-state index contributed by atoms with van der Waals surface area (Å²) in [5.41, 5.74) is 2.04. The standard InChI is InChI=1S/C20H25N3O3S/c1-15-5-6-16(20(25)26-2)12-18(15)21-19(24)14-23-9-7-22(8-10-23)13-17-4-3-11-27-17/h3-6,11-12H,7-10,13-14H2,1-2H3,(H,21,24)/p+2. The molecule has 0 saturated carbocycles. The van der Waals surface area contributed by atoms with E-state index in [1.54, 1.807) is 17.0 Å². The van der Waals surface area contributed by atoms with Gasteiger partial charge in [-0.2, -0.15) is 0 Å². The fourth-order valence-corrected chi connectivity index (χ4v) is 4.17. The highest BCUT2D eigenvalue weighted by molar-refractivity contribution is 7.09. The Morgan fingerprint density at radius 2 is 1.89 bits per heavy atom. The summed E-state index contributed by atoms with van der Waals surface area (Å²) in [4.78, 5) is 28.5. The fraction of sp³-hybridized carbons (Fsp3) is 0.400. The van der Waals surface area contributed by atoms with E-state index in [0.29, 0.717) is 17.8 Å². The van der Waals surface area contributed by atoms with Gasteiger partial charge in [0, 0.05) is 5.69 Å². The van der Waals surface area contributed by atoms with Crippen LogP contribution in [0.5, 0.6) is 0 Å². The molecule has 1 aliphatic heterocycles. The Hall–Kier alpha value is -2.22. The number of nitrogens with one attached hydrogen (secondary N) is 3. The molecule has 0 spiro atoms. The Kier molecular flexibility index (Phi) is 6.60. The lowest BCUT2D eigenvalue weighted by atomic mass is 10.1. The minimum Gasteiger partial charge on any atom is -0.465 e. The summed E-state index contributed by atoms with van der Waals surface area (Å²) >= 11 is 1.81. The first-order valence-corrected chi connectivity index (χ1v) is 10.1. The van der Waals surface area contributed by atoms with Crippen LogP contribution in [-0.4, -0.2) is 51.7 Å². The van der Waals surface area contributed by atoms with E-state index in [1.165, 1.54) is 16.9 Å². The van der Waals surface area contributed by atoms with Crippen LogP contribution in [0.2, 0.25) is 0 Å². The van der Waals surface area contributed by atoms with E-state index in [2.05, 4.69) is 22.8 Å². The normalized spacial score (nSPS) is 19.5. The molecular formula is C20H27N3O3S+2. The first-order valence-electron chi connectivity index (χ1n) is 9.23. The maximum absolute atomic E-state index is 12.5. The molecule has 1 fully saturated rings. The highest BCUT2D eigenvalue weighted by Gasteiger charge is 2.25. The van der Waals surface area contributed by atoms with E-state index in [0.717, 1.165) is 38.3 Å². The Morgan fingerprint density at radius 1 is 1.15 bits per heavy atom. The Labute approximate surface area is 163 Å². The highest BCUT2D eigenvalue weighted by Crippen LogP contribution is 2.17. The molecule has 3 N–H and O–H groups in total. The zero-order valence-electron chi connectivity index (χ0n) is 15.8. The lowest BCUT2D eigenvalue weighted by Crippen LogP contribution is -3.28. The molecule has 2 aromatic rings. The second-order valence-electron chi connectivity index (χ2n) is 7.00. The van der Waals surface area contributed by atoms with Gasteiger partial charge in [0.1, 0.15) is 32.7 Å². The van der Waals surface area contributed by atoms with E-state index in [4.69, 9.17) is 4.74 Å². The molecule has 27 heavy (non-hydrogen) atoms. The third kappa shape index (κ3) is 5.38. The largest absolute Gasteiger partial charge is 0.465 e. The molecule has 2 heterocycles. The second-order valence-corrected chi connectivity index (χ2v) is 8.03. The number of piperazine rings is 1. The van der Waals surface area contributed by atoms with Crippen molar-refractivity contribution in [1.82, 2.24) is 0 Å². The Balaban J connectivity index is 1.49. The number of hydrogen-bond acceptors (Lipinski definition) is 4. The van der Waals surface area contributed by atoms with E-state index in [9.17, 15) is 9.59 Å². The van der Waals surface area contributed by atoms with Crippen molar-refractivity contribution in [3.8, 4) is 0 Å². The van der Waals surface area contributed by atoms with Crippen molar-refractivity contribution in [1.29, 1.82) is 0 Å². The summed E-state index contributed by atoms with van der Waals surface area (Å²) in [5.74, 6) is -0.419. The molecule has 1 aliphatic rings. The van der Waals surface area contributed by atoms with Crippen molar-refractivity contribution < 1.29 is 24.1 Å².